The number of rotatable bonds is 9. The quantitative estimate of drug-likeness (QED) is 0.329. The van der Waals surface area contributed by atoms with Gasteiger partial charge < -0.3 is 19.3 Å². The predicted octanol–water partition coefficient (Wildman–Crippen LogP) is 3.89. The van der Waals surface area contributed by atoms with Crippen molar-refractivity contribution in [3.8, 4) is 5.75 Å². The summed E-state index contributed by atoms with van der Waals surface area (Å²) in [5, 5.41) is 10.8. The zero-order chi connectivity index (χ0) is 27.7. The minimum absolute atomic E-state index is 0.213. The van der Waals surface area contributed by atoms with E-state index in [9.17, 15) is 19.5 Å². The van der Waals surface area contributed by atoms with Crippen LogP contribution in [0.3, 0.4) is 0 Å². The van der Waals surface area contributed by atoms with E-state index in [0.29, 0.717) is 27.4 Å². The van der Waals surface area contributed by atoms with E-state index in [1.807, 2.05) is 24.3 Å². The Morgan fingerprint density at radius 1 is 1.14 bits per heavy atom. The Hall–Kier alpha value is -2.95. The molecule has 0 saturated heterocycles. The third-order valence-electron chi connectivity index (χ3n) is 6.05. The molecular weight excluding hydrogens is 496 g/mol. The van der Waals surface area contributed by atoms with Crippen LogP contribution in [0.2, 0.25) is 0 Å². The SMILES string of the molecule is CCOC(O)c1sc2c(c1C)c(=O)n(C(C)(C)C(=O)OC(C)(C)C)c(=O)n2CCc1ccccc1OC. The molecule has 0 amide bonds. The van der Waals surface area contributed by atoms with Crippen LogP contribution in [0.4, 0.5) is 0 Å². The fraction of sp³-hybridized carbons (Fsp3) is 0.519. The minimum atomic E-state index is -1.59. The lowest BCUT2D eigenvalue weighted by atomic mass is 10.0. The van der Waals surface area contributed by atoms with Crippen LogP contribution in [0.25, 0.3) is 10.2 Å². The number of hydrogen-bond acceptors (Lipinski definition) is 8. The number of aliphatic hydroxyl groups excluding tert-OH is 1. The van der Waals surface area contributed by atoms with Crippen molar-refractivity contribution in [3.63, 3.8) is 0 Å². The van der Waals surface area contributed by atoms with Gasteiger partial charge in [0.15, 0.2) is 6.29 Å². The highest BCUT2D eigenvalue weighted by atomic mass is 32.1. The van der Waals surface area contributed by atoms with Crippen molar-refractivity contribution in [2.45, 2.75) is 78.9 Å². The van der Waals surface area contributed by atoms with Gasteiger partial charge in [-0.25, -0.2) is 14.2 Å². The number of aryl methyl sites for hydroxylation is 3. The number of aromatic nitrogens is 2. The number of carbonyl (C=O) groups excluding carboxylic acids is 1. The Bertz CT molecular complexity index is 1410. The van der Waals surface area contributed by atoms with Gasteiger partial charge in [-0.3, -0.25) is 9.36 Å². The third-order valence-corrected chi connectivity index (χ3v) is 7.40. The molecule has 0 spiro atoms. The van der Waals surface area contributed by atoms with E-state index in [1.165, 1.54) is 18.4 Å². The van der Waals surface area contributed by atoms with Gasteiger partial charge in [-0.1, -0.05) is 18.2 Å². The second kappa shape index (κ2) is 10.8. The molecule has 0 fully saturated rings. The maximum absolute atomic E-state index is 13.9. The molecule has 0 aliphatic carbocycles. The summed E-state index contributed by atoms with van der Waals surface area (Å²) in [6.45, 7) is 12.1. The first-order chi connectivity index (χ1) is 17.2. The molecule has 0 bridgehead atoms. The number of methoxy groups -OCH3 is 1. The van der Waals surface area contributed by atoms with Crippen molar-refractivity contribution in [2.24, 2.45) is 0 Å². The number of nitrogens with zero attached hydrogens (tertiary/aromatic N) is 2. The molecule has 202 valence electrons. The van der Waals surface area contributed by atoms with Gasteiger partial charge in [0.2, 0.25) is 0 Å². The highest BCUT2D eigenvalue weighted by Gasteiger charge is 2.39. The zero-order valence-electron chi connectivity index (χ0n) is 22.7. The summed E-state index contributed by atoms with van der Waals surface area (Å²) in [4.78, 5) is 41.7. The van der Waals surface area contributed by atoms with E-state index in [2.05, 4.69) is 0 Å². The first-order valence-electron chi connectivity index (χ1n) is 12.2. The monoisotopic (exact) mass is 532 g/mol. The Kier molecular flexibility index (Phi) is 8.36. The molecule has 2 heterocycles. The first kappa shape index (κ1) is 28.6. The first-order valence-corrected chi connectivity index (χ1v) is 13.0. The van der Waals surface area contributed by atoms with E-state index in [1.54, 1.807) is 41.7 Å². The number of thiophene rings is 1. The highest BCUT2D eigenvalue weighted by Crippen LogP contribution is 2.34. The fourth-order valence-electron chi connectivity index (χ4n) is 4.16. The number of ether oxygens (including phenoxy) is 3. The molecule has 0 saturated carbocycles. The van der Waals surface area contributed by atoms with Crippen LogP contribution in [0.1, 0.15) is 63.8 Å². The number of benzene rings is 1. The van der Waals surface area contributed by atoms with Gasteiger partial charge in [0.05, 0.1) is 17.4 Å². The Labute approximate surface area is 220 Å². The molecule has 10 heteroatoms. The lowest BCUT2D eigenvalue weighted by Crippen LogP contribution is -2.54. The Morgan fingerprint density at radius 3 is 2.38 bits per heavy atom. The number of para-hydroxylation sites is 1. The third kappa shape index (κ3) is 5.66. The predicted molar refractivity (Wildman–Crippen MR) is 144 cm³/mol. The van der Waals surface area contributed by atoms with Crippen LogP contribution in [0.15, 0.2) is 33.9 Å². The van der Waals surface area contributed by atoms with E-state index in [0.717, 1.165) is 21.5 Å². The van der Waals surface area contributed by atoms with E-state index in [4.69, 9.17) is 14.2 Å². The number of fused-ring (bicyclic) bond motifs is 1. The molecule has 0 aliphatic heterocycles. The molecule has 2 aromatic heterocycles. The highest BCUT2D eigenvalue weighted by molar-refractivity contribution is 7.19. The second-order valence-electron chi connectivity index (χ2n) is 10.3. The number of carbonyl (C=O) groups is 1. The van der Waals surface area contributed by atoms with Crippen LogP contribution >= 0.6 is 11.3 Å². The Morgan fingerprint density at radius 2 is 1.78 bits per heavy atom. The summed E-state index contributed by atoms with van der Waals surface area (Å²) in [5.41, 5.74) is -2.26. The molecule has 1 aromatic carbocycles. The molecule has 3 aromatic rings. The fourth-order valence-corrected chi connectivity index (χ4v) is 5.41. The maximum Gasteiger partial charge on any atom is 0.333 e. The molecule has 1 unspecified atom stereocenters. The lowest BCUT2D eigenvalue weighted by molar-refractivity contribution is -0.164. The van der Waals surface area contributed by atoms with Crippen molar-refractivity contribution in [1.29, 1.82) is 0 Å². The smallest absolute Gasteiger partial charge is 0.333 e. The van der Waals surface area contributed by atoms with Gasteiger partial charge in [0.25, 0.3) is 5.56 Å². The van der Waals surface area contributed by atoms with Crippen molar-refractivity contribution in [3.05, 3.63) is 61.1 Å². The average molecular weight is 533 g/mol. The van der Waals surface area contributed by atoms with Gasteiger partial charge in [0, 0.05) is 13.2 Å². The van der Waals surface area contributed by atoms with Gasteiger partial charge >= 0.3 is 11.7 Å². The summed E-state index contributed by atoms with van der Waals surface area (Å²) >= 11 is 1.14. The average Bonchev–Trinajstić information content (AvgIpc) is 3.15. The molecule has 3 rings (SSSR count). The molecular formula is C27H36N2O7S. The molecule has 1 N–H and O–H groups in total. The second-order valence-corrected chi connectivity index (χ2v) is 11.3. The molecule has 37 heavy (non-hydrogen) atoms. The van der Waals surface area contributed by atoms with Gasteiger partial charge in [-0.05, 0) is 72.1 Å². The molecule has 0 radical (unpaired) electrons. The summed E-state index contributed by atoms with van der Waals surface area (Å²) < 4.78 is 18.8. The van der Waals surface area contributed by atoms with E-state index < -0.39 is 34.6 Å². The summed E-state index contributed by atoms with van der Waals surface area (Å²) in [5.74, 6) is -0.0127. The van der Waals surface area contributed by atoms with E-state index >= 15 is 0 Å². The van der Waals surface area contributed by atoms with E-state index in [-0.39, 0.29) is 18.5 Å². The number of aliphatic hydroxyl groups is 1. The van der Waals surface area contributed by atoms with Crippen molar-refractivity contribution in [2.75, 3.05) is 13.7 Å². The Balaban J connectivity index is 2.29. The lowest BCUT2D eigenvalue weighted by Gasteiger charge is -2.30. The molecule has 9 nitrogen and oxygen atoms in total. The van der Waals surface area contributed by atoms with Gasteiger partial charge in [0.1, 0.15) is 21.7 Å². The van der Waals surface area contributed by atoms with Crippen molar-refractivity contribution < 1.29 is 24.1 Å². The van der Waals surface area contributed by atoms with Crippen LogP contribution in [-0.4, -0.2) is 39.5 Å². The number of esters is 1. The summed E-state index contributed by atoms with van der Waals surface area (Å²) in [6.07, 6.45) is -0.809. The molecule has 1 atom stereocenters. The van der Waals surface area contributed by atoms with Crippen LogP contribution in [0, 0.1) is 6.92 Å². The van der Waals surface area contributed by atoms with Gasteiger partial charge in [-0.15, -0.1) is 11.3 Å². The summed E-state index contributed by atoms with van der Waals surface area (Å²) in [6, 6.07) is 7.49. The summed E-state index contributed by atoms with van der Waals surface area (Å²) in [7, 11) is 1.58. The van der Waals surface area contributed by atoms with Crippen LogP contribution in [-0.2, 0) is 32.8 Å². The topological polar surface area (TPSA) is 109 Å². The van der Waals surface area contributed by atoms with Crippen molar-refractivity contribution >= 4 is 27.5 Å². The van der Waals surface area contributed by atoms with Gasteiger partial charge in [-0.2, -0.15) is 0 Å². The van der Waals surface area contributed by atoms with Crippen LogP contribution in [0.5, 0.6) is 5.75 Å². The number of hydrogen-bond donors (Lipinski definition) is 1. The minimum Gasteiger partial charge on any atom is -0.496 e. The van der Waals surface area contributed by atoms with Crippen molar-refractivity contribution in [1.82, 2.24) is 9.13 Å². The maximum atomic E-state index is 13.9. The largest absolute Gasteiger partial charge is 0.496 e. The normalized spacial score (nSPS) is 13.1. The molecule has 0 aliphatic rings. The zero-order valence-corrected chi connectivity index (χ0v) is 23.5. The van der Waals surface area contributed by atoms with Crippen LogP contribution < -0.4 is 16.0 Å². The standard InChI is InChI=1S/C27H36N2O7S/c1-9-35-23(31)20-16(2)19-21(30)29(27(6,7)24(32)36-26(3,4)5)25(33)28(22(19)37-20)15-14-17-12-10-11-13-18(17)34-8/h10-13,23,31H,9,14-15H2,1-8H3.